The zero-order chi connectivity index (χ0) is 28.1. The molecule has 0 unspecified atom stereocenters. The lowest BCUT2D eigenvalue weighted by Crippen LogP contribution is -2.36. The number of methoxy groups -OCH3 is 2. The minimum Gasteiger partial charge on any atom is -0.495 e. The Balaban J connectivity index is 1.35. The summed E-state index contributed by atoms with van der Waals surface area (Å²) in [6.45, 7) is 4.62. The number of nitrogens with two attached hydrogens (primary N) is 1. The number of hydrogen-bond acceptors (Lipinski definition) is 10. The Morgan fingerprint density at radius 1 is 1.00 bits per heavy atom. The Hall–Kier alpha value is -4.16. The predicted octanol–water partition coefficient (Wildman–Crippen LogP) is 2.84. The molecule has 0 radical (unpaired) electrons. The Morgan fingerprint density at radius 3 is 2.40 bits per heavy atom. The molecule has 1 amide bonds. The number of primary amides is 1. The van der Waals surface area contributed by atoms with E-state index in [9.17, 15) is 9.18 Å². The number of morpholine rings is 1. The molecule has 40 heavy (non-hydrogen) atoms. The lowest BCUT2D eigenvalue weighted by atomic mass is 10.0. The van der Waals surface area contributed by atoms with Crippen LogP contribution in [0.25, 0.3) is 0 Å². The fourth-order valence-corrected chi connectivity index (χ4v) is 5.01. The highest BCUT2D eigenvalue weighted by molar-refractivity contribution is 5.76. The maximum atomic E-state index is 14.8. The van der Waals surface area contributed by atoms with Gasteiger partial charge in [-0.25, -0.2) is 9.37 Å². The van der Waals surface area contributed by atoms with Crippen LogP contribution in [0.5, 0.6) is 11.5 Å². The summed E-state index contributed by atoms with van der Waals surface area (Å²) in [6.07, 6.45) is 2.63. The summed E-state index contributed by atoms with van der Waals surface area (Å²) >= 11 is 0. The lowest BCUT2D eigenvalue weighted by Gasteiger charge is -2.29. The second-order valence-corrected chi connectivity index (χ2v) is 9.69. The van der Waals surface area contributed by atoms with Crippen molar-refractivity contribution in [2.75, 3.05) is 75.7 Å². The van der Waals surface area contributed by atoms with Crippen molar-refractivity contribution < 1.29 is 23.4 Å². The third-order valence-corrected chi connectivity index (χ3v) is 7.10. The summed E-state index contributed by atoms with van der Waals surface area (Å²) in [5.41, 5.74) is 9.90. The van der Waals surface area contributed by atoms with Crippen molar-refractivity contribution in [2.45, 2.75) is 12.8 Å². The van der Waals surface area contributed by atoms with Crippen LogP contribution in [-0.2, 0) is 22.4 Å². The SMILES string of the molecule is COc1cc2c(cc1Nc1ncc(F)c(Nc3ccc(N4CCOCC4)cc3OC)n1)CCN(CC(N)=O)CC2. The van der Waals surface area contributed by atoms with E-state index in [2.05, 4.69) is 25.5 Å². The van der Waals surface area contributed by atoms with Crippen LogP contribution in [0.15, 0.2) is 36.5 Å². The van der Waals surface area contributed by atoms with E-state index in [-0.39, 0.29) is 24.2 Å². The highest BCUT2D eigenvalue weighted by atomic mass is 19.1. The number of carbonyl (C=O) groups is 1. The van der Waals surface area contributed by atoms with Gasteiger partial charge in [0.15, 0.2) is 11.6 Å². The van der Waals surface area contributed by atoms with E-state index in [1.165, 1.54) is 0 Å². The number of nitrogens with one attached hydrogen (secondary N) is 2. The molecule has 212 valence electrons. The topological polar surface area (TPSA) is 127 Å². The van der Waals surface area contributed by atoms with Crippen LogP contribution in [0.1, 0.15) is 11.1 Å². The van der Waals surface area contributed by atoms with Crippen molar-refractivity contribution in [3.63, 3.8) is 0 Å². The average molecular weight is 552 g/mol. The molecular formula is C28H34FN7O4. The first kappa shape index (κ1) is 27.4. The van der Waals surface area contributed by atoms with Crippen LogP contribution >= 0.6 is 0 Å². The smallest absolute Gasteiger partial charge is 0.231 e. The maximum Gasteiger partial charge on any atom is 0.231 e. The van der Waals surface area contributed by atoms with Crippen molar-refractivity contribution in [3.8, 4) is 11.5 Å². The summed E-state index contributed by atoms with van der Waals surface area (Å²) in [5, 5.41) is 6.23. The van der Waals surface area contributed by atoms with Gasteiger partial charge in [-0.3, -0.25) is 9.69 Å². The van der Waals surface area contributed by atoms with Crippen molar-refractivity contribution in [1.82, 2.24) is 14.9 Å². The van der Waals surface area contributed by atoms with Gasteiger partial charge in [0.05, 0.1) is 51.5 Å². The molecule has 0 atom stereocenters. The fraction of sp³-hybridized carbons (Fsp3) is 0.393. The van der Waals surface area contributed by atoms with Crippen LogP contribution in [0.2, 0.25) is 0 Å². The van der Waals surface area contributed by atoms with Gasteiger partial charge in [-0.05, 0) is 48.2 Å². The van der Waals surface area contributed by atoms with Crippen LogP contribution < -0.4 is 30.7 Å². The molecule has 3 heterocycles. The molecule has 11 nitrogen and oxygen atoms in total. The normalized spacial score (nSPS) is 15.6. The second-order valence-electron chi connectivity index (χ2n) is 9.69. The lowest BCUT2D eigenvalue weighted by molar-refractivity contribution is -0.119. The molecule has 2 aromatic carbocycles. The molecule has 0 saturated carbocycles. The van der Waals surface area contributed by atoms with Crippen LogP contribution in [0.4, 0.5) is 33.2 Å². The summed E-state index contributed by atoms with van der Waals surface area (Å²) in [4.78, 5) is 24.2. The molecule has 1 fully saturated rings. The fourth-order valence-electron chi connectivity index (χ4n) is 5.01. The number of halogens is 1. The largest absolute Gasteiger partial charge is 0.495 e. The first-order valence-electron chi connectivity index (χ1n) is 13.2. The Labute approximate surface area is 232 Å². The van der Waals surface area contributed by atoms with Gasteiger partial charge in [-0.2, -0.15) is 4.98 Å². The van der Waals surface area contributed by atoms with Gasteiger partial charge in [0.25, 0.3) is 0 Å². The highest BCUT2D eigenvalue weighted by Crippen LogP contribution is 2.35. The van der Waals surface area contributed by atoms with E-state index in [0.29, 0.717) is 36.1 Å². The first-order chi connectivity index (χ1) is 19.4. The minimum absolute atomic E-state index is 0.00532. The van der Waals surface area contributed by atoms with Gasteiger partial charge < -0.3 is 35.5 Å². The Kier molecular flexibility index (Phi) is 8.46. The number of benzene rings is 2. The van der Waals surface area contributed by atoms with Gasteiger partial charge in [0.1, 0.15) is 11.5 Å². The number of amides is 1. The number of rotatable bonds is 9. The summed E-state index contributed by atoms with van der Waals surface area (Å²) < 4.78 is 31.5. The van der Waals surface area contributed by atoms with Crippen molar-refractivity contribution >= 4 is 34.7 Å². The second kappa shape index (κ2) is 12.3. The number of fused-ring (bicyclic) bond motifs is 1. The Morgan fingerprint density at radius 2 is 1.70 bits per heavy atom. The maximum absolute atomic E-state index is 14.8. The Bertz CT molecular complexity index is 1370. The molecule has 5 rings (SSSR count). The monoisotopic (exact) mass is 551 g/mol. The van der Waals surface area contributed by atoms with E-state index in [4.69, 9.17) is 19.9 Å². The minimum atomic E-state index is -0.603. The number of carbonyl (C=O) groups excluding carboxylic acids is 1. The zero-order valence-corrected chi connectivity index (χ0v) is 22.7. The third kappa shape index (κ3) is 6.35. The van der Waals surface area contributed by atoms with E-state index >= 15 is 0 Å². The van der Waals surface area contributed by atoms with E-state index in [1.807, 2.05) is 35.2 Å². The van der Waals surface area contributed by atoms with Gasteiger partial charge in [0, 0.05) is 37.9 Å². The molecule has 0 spiro atoms. The van der Waals surface area contributed by atoms with E-state index < -0.39 is 5.82 Å². The van der Waals surface area contributed by atoms with Crippen LogP contribution in [0.3, 0.4) is 0 Å². The average Bonchev–Trinajstić information content (AvgIpc) is 3.16. The van der Waals surface area contributed by atoms with Gasteiger partial charge in [-0.1, -0.05) is 0 Å². The molecule has 12 heteroatoms. The molecule has 4 N–H and O–H groups in total. The molecule has 2 aliphatic heterocycles. The number of nitrogens with zero attached hydrogens (tertiary/aromatic N) is 4. The van der Waals surface area contributed by atoms with Gasteiger partial charge in [0.2, 0.25) is 11.9 Å². The number of hydrogen-bond donors (Lipinski definition) is 3. The van der Waals surface area contributed by atoms with Crippen LogP contribution in [0, 0.1) is 5.82 Å². The summed E-state index contributed by atoms with van der Waals surface area (Å²) in [6, 6.07) is 9.69. The summed E-state index contributed by atoms with van der Waals surface area (Å²) in [7, 11) is 3.17. The molecule has 3 aromatic rings. The highest BCUT2D eigenvalue weighted by Gasteiger charge is 2.20. The van der Waals surface area contributed by atoms with Crippen molar-refractivity contribution in [2.24, 2.45) is 5.73 Å². The quantitative estimate of drug-likeness (QED) is 0.365. The first-order valence-corrected chi connectivity index (χ1v) is 13.2. The van der Waals surface area contributed by atoms with E-state index in [1.54, 1.807) is 14.2 Å². The van der Waals surface area contributed by atoms with Crippen molar-refractivity contribution in [3.05, 3.63) is 53.5 Å². The van der Waals surface area contributed by atoms with E-state index in [0.717, 1.165) is 62.0 Å². The summed E-state index contributed by atoms with van der Waals surface area (Å²) in [5.74, 6) is 0.447. The molecule has 1 saturated heterocycles. The van der Waals surface area contributed by atoms with Gasteiger partial charge in [-0.15, -0.1) is 0 Å². The van der Waals surface area contributed by atoms with Crippen LogP contribution in [-0.4, -0.2) is 80.9 Å². The molecule has 0 bridgehead atoms. The predicted molar refractivity (Wildman–Crippen MR) is 151 cm³/mol. The molecular weight excluding hydrogens is 517 g/mol. The number of anilines is 5. The third-order valence-electron chi connectivity index (χ3n) is 7.10. The standard InChI is InChI=1S/C28H34FN7O4/c1-38-24-14-19-6-8-35(17-26(30)37)7-5-18(19)13-23(24)33-28-31-16-21(29)27(34-28)32-22-4-3-20(15-25(22)39-2)36-9-11-40-12-10-36/h3-4,13-16H,5-12,17H2,1-2H3,(H2,30,37)(H2,31,32,33,34). The number of aromatic nitrogens is 2. The van der Waals surface area contributed by atoms with Crippen molar-refractivity contribution in [1.29, 1.82) is 0 Å². The number of ether oxygens (including phenoxy) is 3. The van der Waals surface area contributed by atoms with Gasteiger partial charge >= 0.3 is 0 Å². The molecule has 2 aliphatic rings. The molecule has 0 aliphatic carbocycles. The molecule has 1 aromatic heterocycles. The zero-order valence-electron chi connectivity index (χ0n) is 22.7.